The van der Waals surface area contributed by atoms with Crippen LogP contribution in [0.25, 0.3) is 5.65 Å². The molecule has 120 valence electrons. The Morgan fingerprint density at radius 3 is 2.75 bits per heavy atom. The van der Waals surface area contributed by atoms with Crippen molar-refractivity contribution in [2.24, 2.45) is 0 Å². The van der Waals surface area contributed by atoms with E-state index >= 15 is 0 Å². The Bertz CT molecular complexity index is 1080. The summed E-state index contributed by atoms with van der Waals surface area (Å²) in [6.07, 6.45) is 2.45. The summed E-state index contributed by atoms with van der Waals surface area (Å²) < 4.78 is 29.3. The first-order valence-corrected chi connectivity index (χ1v) is 8.99. The van der Waals surface area contributed by atoms with Gasteiger partial charge < -0.3 is 4.40 Å². The van der Waals surface area contributed by atoms with Crippen LogP contribution in [0.15, 0.2) is 53.6 Å². The van der Waals surface area contributed by atoms with Crippen molar-refractivity contribution >= 4 is 15.7 Å². The third-order valence-electron chi connectivity index (χ3n) is 4.26. The lowest BCUT2D eigenvalue weighted by Gasteiger charge is -2.26. The number of sulfonamides is 1. The molecule has 0 atom stereocenters. The van der Waals surface area contributed by atoms with E-state index in [1.165, 1.54) is 16.4 Å². The molecule has 1 aliphatic heterocycles. The van der Waals surface area contributed by atoms with E-state index in [9.17, 15) is 13.7 Å². The smallest absolute Gasteiger partial charge is 0.244 e. The van der Waals surface area contributed by atoms with Gasteiger partial charge >= 0.3 is 0 Å². The standard InChI is InChI=1S/C17H14N4O2S/c18-11-13-5-1-2-6-16(13)24(22,23)20-10-8-14-15(12-20)21-9-4-3-7-17(21)19-14/h1-7,9H,8,10,12H2. The second kappa shape index (κ2) is 5.44. The fourth-order valence-electron chi connectivity index (χ4n) is 3.07. The Kier molecular flexibility index (Phi) is 3.37. The highest BCUT2D eigenvalue weighted by Gasteiger charge is 2.32. The van der Waals surface area contributed by atoms with Crippen LogP contribution in [0.4, 0.5) is 0 Å². The van der Waals surface area contributed by atoms with Crippen molar-refractivity contribution in [2.75, 3.05) is 6.54 Å². The normalized spacial score (nSPS) is 15.1. The Morgan fingerprint density at radius 2 is 1.92 bits per heavy atom. The van der Waals surface area contributed by atoms with Gasteiger partial charge in [-0.25, -0.2) is 13.4 Å². The van der Waals surface area contributed by atoms with Crippen molar-refractivity contribution in [2.45, 2.75) is 17.9 Å². The monoisotopic (exact) mass is 338 g/mol. The number of rotatable bonds is 2. The fraction of sp³-hybridized carbons (Fsp3) is 0.176. The molecule has 0 aliphatic carbocycles. The molecule has 0 amide bonds. The Labute approximate surface area is 139 Å². The minimum atomic E-state index is -3.72. The zero-order chi connectivity index (χ0) is 16.7. The summed E-state index contributed by atoms with van der Waals surface area (Å²) in [5, 5.41) is 9.20. The van der Waals surface area contributed by atoms with Crippen LogP contribution in [0.3, 0.4) is 0 Å². The summed E-state index contributed by atoms with van der Waals surface area (Å²) in [7, 11) is -3.72. The minimum absolute atomic E-state index is 0.0600. The van der Waals surface area contributed by atoms with E-state index in [1.807, 2.05) is 34.9 Å². The molecule has 4 rings (SSSR count). The summed E-state index contributed by atoms with van der Waals surface area (Å²) in [4.78, 5) is 4.63. The average Bonchev–Trinajstić information content (AvgIpc) is 2.99. The molecule has 7 heteroatoms. The molecule has 0 spiro atoms. The second-order valence-corrected chi connectivity index (χ2v) is 7.54. The van der Waals surface area contributed by atoms with Crippen LogP contribution in [0.1, 0.15) is 17.0 Å². The molecule has 0 N–H and O–H groups in total. The van der Waals surface area contributed by atoms with Gasteiger partial charge in [0.2, 0.25) is 10.0 Å². The molecule has 0 bridgehead atoms. The van der Waals surface area contributed by atoms with Crippen molar-refractivity contribution in [3.8, 4) is 6.07 Å². The maximum Gasteiger partial charge on any atom is 0.244 e. The SMILES string of the molecule is N#Cc1ccccc1S(=O)(=O)N1CCc2nc3ccccn3c2C1. The average molecular weight is 338 g/mol. The molecule has 0 saturated heterocycles. The number of nitriles is 1. The van der Waals surface area contributed by atoms with Crippen LogP contribution < -0.4 is 0 Å². The van der Waals surface area contributed by atoms with E-state index in [-0.39, 0.29) is 17.0 Å². The third-order valence-corrected chi connectivity index (χ3v) is 6.16. The molecular formula is C17H14N4O2S. The number of nitrogens with zero attached hydrogens (tertiary/aromatic N) is 4. The molecule has 0 radical (unpaired) electrons. The van der Waals surface area contributed by atoms with Gasteiger partial charge in [-0.15, -0.1) is 0 Å². The van der Waals surface area contributed by atoms with Gasteiger partial charge in [0.1, 0.15) is 11.7 Å². The Morgan fingerprint density at radius 1 is 1.12 bits per heavy atom. The lowest BCUT2D eigenvalue weighted by Crippen LogP contribution is -2.36. The molecule has 0 saturated carbocycles. The van der Waals surface area contributed by atoms with Crippen LogP contribution in [-0.4, -0.2) is 28.7 Å². The third kappa shape index (κ3) is 2.19. The molecule has 24 heavy (non-hydrogen) atoms. The highest BCUT2D eigenvalue weighted by atomic mass is 32.2. The second-order valence-electron chi connectivity index (χ2n) is 5.63. The number of fused-ring (bicyclic) bond motifs is 3. The van der Waals surface area contributed by atoms with Gasteiger partial charge in [0.25, 0.3) is 0 Å². The fourth-order valence-corrected chi connectivity index (χ4v) is 4.61. The number of benzene rings is 1. The number of hydrogen-bond acceptors (Lipinski definition) is 4. The topological polar surface area (TPSA) is 78.5 Å². The first-order chi connectivity index (χ1) is 11.6. The lowest BCUT2D eigenvalue weighted by atomic mass is 10.2. The van der Waals surface area contributed by atoms with Crippen molar-refractivity contribution in [3.05, 3.63) is 65.6 Å². The van der Waals surface area contributed by atoms with E-state index in [2.05, 4.69) is 4.98 Å². The van der Waals surface area contributed by atoms with Crippen molar-refractivity contribution in [3.63, 3.8) is 0 Å². The number of aromatic nitrogens is 2. The lowest BCUT2D eigenvalue weighted by molar-refractivity contribution is 0.383. The van der Waals surface area contributed by atoms with Gasteiger partial charge in [0.05, 0.1) is 28.4 Å². The maximum atomic E-state index is 13.0. The van der Waals surface area contributed by atoms with Gasteiger partial charge in [0, 0.05) is 19.2 Å². The number of imidazole rings is 1. The summed E-state index contributed by atoms with van der Waals surface area (Å²) >= 11 is 0. The van der Waals surface area contributed by atoms with Gasteiger partial charge in [-0.05, 0) is 24.3 Å². The van der Waals surface area contributed by atoms with E-state index in [0.717, 1.165) is 17.0 Å². The largest absolute Gasteiger partial charge is 0.302 e. The predicted octanol–water partition coefficient (Wildman–Crippen LogP) is 1.95. The molecule has 0 fully saturated rings. The highest BCUT2D eigenvalue weighted by molar-refractivity contribution is 7.89. The molecule has 1 aromatic carbocycles. The van der Waals surface area contributed by atoms with Crippen LogP contribution in [-0.2, 0) is 23.0 Å². The van der Waals surface area contributed by atoms with Gasteiger partial charge in [-0.3, -0.25) is 0 Å². The van der Waals surface area contributed by atoms with E-state index < -0.39 is 10.0 Å². The summed E-state index contributed by atoms with van der Waals surface area (Å²) in [6, 6.07) is 14.0. The van der Waals surface area contributed by atoms with Gasteiger partial charge in [-0.1, -0.05) is 18.2 Å². The van der Waals surface area contributed by atoms with Crippen LogP contribution in [0.2, 0.25) is 0 Å². The van der Waals surface area contributed by atoms with E-state index in [0.29, 0.717) is 13.0 Å². The molecule has 1 aliphatic rings. The molecule has 3 heterocycles. The summed E-state index contributed by atoms with van der Waals surface area (Å²) in [6.45, 7) is 0.613. The van der Waals surface area contributed by atoms with E-state index in [1.54, 1.807) is 12.1 Å². The first-order valence-electron chi connectivity index (χ1n) is 7.55. The number of pyridine rings is 1. The van der Waals surface area contributed by atoms with Crippen LogP contribution >= 0.6 is 0 Å². The minimum Gasteiger partial charge on any atom is -0.302 e. The van der Waals surface area contributed by atoms with E-state index in [4.69, 9.17) is 0 Å². The highest BCUT2D eigenvalue weighted by Crippen LogP contribution is 2.27. The molecular weight excluding hydrogens is 324 g/mol. The van der Waals surface area contributed by atoms with Crippen molar-refractivity contribution in [1.82, 2.24) is 13.7 Å². The molecule has 6 nitrogen and oxygen atoms in total. The van der Waals surface area contributed by atoms with Crippen molar-refractivity contribution < 1.29 is 8.42 Å². The van der Waals surface area contributed by atoms with Crippen molar-refractivity contribution in [1.29, 1.82) is 5.26 Å². The predicted molar refractivity (Wildman–Crippen MR) is 87.6 cm³/mol. The zero-order valence-electron chi connectivity index (χ0n) is 12.8. The Hall–Kier alpha value is -2.69. The maximum absolute atomic E-state index is 13.0. The molecule has 2 aromatic heterocycles. The molecule has 0 unspecified atom stereocenters. The Balaban J connectivity index is 1.78. The van der Waals surface area contributed by atoms with Gasteiger partial charge in [0.15, 0.2) is 0 Å². The first kappa shape index (κ1) is 14.9. The number of hydrogen-bond donors (Lipinski definition) is 0. The quantitative estimate of drug-likeness (QED) is 0.715. The molecule has 3 aromatic rings. The zero-order valence-corrected chi connectivity index (χ0v) is 13.6. The summed E-state index contributed by atoms with van der Waals surface area (Å²) in [5.74, 6) is 0. The van der Waals surface area contributed by atoms with Gasteiger partial charge in [-0.2, -0.15) is 9.57 Å². The van der Waals surface area contributed by atoms with Crippen LogP contribution in [0, 0.1) is 11.3 Å². The summed E-state index contributed by atoms with van der Waals surface area (Å²) in [5.41, 5.74) is 2.80. The van der Waals surface area contributed by atoms with Crippen LogP contribution in [0.5, 0.6) is 0 Å².